The molecule has 2 aromatic rings. The second kappa shape index (κ2) is 6.44. The molecule has 2 aromatic heterocycles. The van der Waals surface area contributed by atoms with Crippen LogP contribution in [0.1, 0.15) is 56.3 Å². The molecule has 6 N–H and O–H groups in total. The van der Waals surface area contributed by atoms with Gasteiger partial charge in [-0.2, -0.15) is 0 Å². The van der Waals surface area contributed by atoms with E-state index in [4.69, 9.17) is 5.73 Å². The summed E-state index contributed by atoms with van der Waals surface area (Å²) in [4.78, 5) is 20.6. The topological polar surface area (TPSA) is 116 Å². The average molecular weight is 398 g/mol. The van der Waals surface area contributed by atoms with Crippen LogP contribution in [0, 0.1) is 17.8 Å². The zero-order valence-electron chi connectivity index (χ0n) is 17.2. The van der Waals surface area contributed by atoms with Crippen LogP contribution in [0.3, 0.4) is 0 Å². The Morgan fingerprint density at radius 2 is 2.07 bits per heavy atom. The van der Waals surface area contributed by atoms with Gasteiger partial charge in [0.1, 0.15) is 5.65 Å². The Hall–Kier alpha value is -2.12. The molecular weight excluding hydrogens is 366 g/mol. The monoisotopic (exact) mass is 397 g/mol. The smallest absolute Gasteiger partial charge is 0.255 e. The number of fused-ring (bicyclic) bond motifs is 1. The summed E-state index contributed by atoms with van der Waals surface area (Å²) in [6.07, 6.45) is 8.52. The van der Waals surface area contributed by atoms with Crippen molar-refractivity contribution in [1.82, 2.24) is 15.3 Å². The minimum atomic E-state index is -0.480. The molecule has 4 bridgehead atoms. The van der Waals surface area contributed by atoms with Gasteiger partial charge < -0.3 is 26.5 Å². The lowest BCUT2D eigenvalue weighted by Gasteiger charge is -2.58. The lowest BCUT2D eigenvalue weighted by Crippen LogP contribution is -2.59. The molecule has 156 valence electrons. The molecule has 4 aliphatic rings. The number of carbonyl (C=O) groups is 1. The van der Waals surface area contributed by atoms with Crippen molar-refractivity contribution in [3.8, 4) is 0 Å². The van der Waals surface area contributed by atoms with Crippen molar-refractivity contribution >= 4 is 22.6 Å². The zero-order chi connectivity index (χ0) is 20.4. The number of nitrogens with two attached hydrogens (primary N) is 1. The maximum atomic E-state index is 13.0. The molecule has 0 saturated heterocycles. The van der Waals surface area contributed by atoms with Gasteiger partial charge in [0.05, 0.1) is 16.9 Å². The van der Waals surface area contributed by atoms with Gasteiger partial charge in [-0.3, -0.25) is 4.79 Å². The van der Waals surface area contributed by atoms with Gasteiger partial charge in [0.25, 0.3) is 5.91 Å². The van der Waals surface area contributed by atoms with Crippen molar-refractivity contribution in [2.45, 2.75) is 63.1 Å². The Kier molecular flexibility index (Phi) is 4.19. The molecule has 4 aliphatic carbocycles. The number of nitrogens with one attached hydrogen (secondary N) is 3. The predicted molar refractivity (Wildman–Crippen MR) is 113 cm³/mol. The third kappa shape index (κ3) is 3.40. The highest BCUT2D eigenvalue weighted by atomic mass is 16.3. The van der Waals surface area contributed by atoms with Crippen molar-refractivity contribution in [3.05, 3.63) is 24.0 Å². The number of hydrogen-bond acceptors (Lipinski definition) is 5. The maximum Gasteiger partial charge on any atom is 0.255 e. The number of hydrogen-bond donors (Lipinski definition) is 5. The molecule has 0 radical (unpaired) electrons. The highest BCUT2D eigenvalue weighted by Gasteiger charge is 2.54. The van der Waals surface area contributed by atoms with Gasteiger partial charge in [-0.25, -0.2) is 4.98 Å². The van der Waals surface area contributed by atoms with E-state index in [1.165, 1.54) is 12.8 Å². The number of rotatable bonds is 5. The van der Waals surface area contributed by atoms with Crippen LogP contribution < -0.4 is 16.4 Å². The largest absolute Gasteiger partial charge is 0.390 e. The summed E-state index contributed by atoms with van der Waals surface area (Å²) < 4.78 is 0. The van der Waals surface area contributed by atoms with Crippen molar-refractivity contribution in [3.63, 3.8) is 0 Å². The van der Waals surface area contributed by atoms with E-state index in [1.807, 2.05) is 26.1 Å². The highest BCUT2D eigenvalue weighted by Crippen LogP contribution is 2.56. The Bertz CT molecular complexity index is 930. The lowest BCUT2D eigenvalue weighted by atomic mass is 9.52. The third-order valence-corrected chi connectivity index (χ3v) is 7.09. The molecule has 4 saturated carbocycles. The van der Waals surface area contributed by atoms with E-state index in [2.05, 4.69) is 20.6 Å². The van der Waals surface area contributed by atoms with Crippen LogP contribution >= 0.6 is 0 Å². The van der Waals surface area contributed by atoms with E-state index in [9.17, 15) is 9.90 Å². The first-order valence-corrected chi connectivity index (χ1v) is 10.7. The van der Waals surface area contributed by atoms with E-state index in [-0.39, 0.29) is 11.9 Å². The lowest BCUT2D eigenvalue weighted by molar-refractivity contribution is -0.129. The average Bonchev–Trinajstić information content (AvgIpc) is 3.09. The first kappa shape index (κ1) is 18.9. The number of nitrogens with zero attached hydrogens (tertiary/aromatic N) is 1. The Morgan fingerprint density at radius 1 is 1.34 bits per heavy atom. The van der Waals surface area contributed by atoms with Gasteiger partial charge in [0, 0.05) is 35.9 Å². The summed E-state index contributed by atoms with van der Waals surface area (Å²) in [5.74, 6) is 1.39. The Labute approximate surface area is 170 Å². The van der Waals surface area contributed by atoms with Crippen LogP contribution in [0.25, 0.3) is 11.0 Å². The van der Waals surface area contributed by atoms with Crippen LogP contribution in [0.2, 0.25) is 0 Å². The summed E-state index contributed by atoms with van der Waals surface area (Å²) in [6, 6.07) is 2.25. The molecular formula is C22H31N5O2. The summed E-state index contributed by atoms with van der Waals surface area (Å²) in [7, 11) is 0. The SMILES string of the molecule is CC(C)(N)CNC(=O)c1cnc2[nH]ccc2c1N[C@H]1C2CC3CC1C[C@@](O)(C3)C2. The number of aliphatic hydroxyl groups is 1. The number of amides is 1. The highest BCUT2D eigenvalue weighted by molar-refractivity contribution is 6.06. The molecule has 29 heavy (non-hydrogen) atoms. The number of aromatic amines is 1. The molecule has 2 unspecified atom stereocenters. The third-order valence-electron chi connectivity index (χ3n) is 7.09. The van der Waals surface area contributed by atoms with Crippen LogP contribution in [0.5, 0.6) is 0 Å². The maximum absolute atomic E-state index is 13.0. The Morgan fingerprint density at radius 3 is 2.72 bits per heavy atom. The molecule has 7 nitrogen and oxygen atoms in total. The Balaban J connectivity index is 1.46. The fraction of sp³-hybridized carbons (Fsp3) is 0.636. The van der Waals surface area contributed by atoms with Gasteiger partial charge in [-0.1, -0.05) is 0 Å². The second-order valence-electron chi connectivity index (χ2n) is 10.3. The van der Waals surface area contributed by atoms with E-state index in [0.717, 1.165) is 36.0 Å². The summed E-state index contributed by atoms with van der Waals surface area (Å²) in [5, 5.41) is 18.5. The molecule has 2 atom stereocenters. The predicted octanol–water partition coefficient (Wildman–Crippen LogP) is 2.38. The van der Waals surface area contributed by atoms with Gasteiger partial charge in [-0.05, 0) is 69.8 Å². The van der Waals surface area contributed by atoms with E-state index < -0.39 is 11.1 Å². The fourth-order valence-electron chi connectivity index (χ4n) is 6.12. The second-order valence-corrected chi connectivity index (χ2v) is 10.3. The minimum absolute atomic E-state index is 0.163. The van der Waals surface area contributed by atoms with Crippen molar-refractivity contribution < 1.29 is 9.90 Å². The molecule has 2 heterocycles. The fourth-order valence-corrected chi connectivity index (χ4v) is 6.12. The van der Waals surface area contributed by atoms with Crippen molar-refractivity contribution in [1.29, 1.82) is 0 Å². The van der Waals surface area contributed by atoms with Crippen LogP contribution in [-0.4, -0.2) is 44.7 Å². The van der Waals surface area contributed by atoms with Gasteiger partial charge in [0.15, 0.2) is 0 Å². The van der Waals surface area contributed by atoms with E-state index in [0.29, 0.717) is 29.9 Å². The summed E-state index contributed by atoms with van der Waals surface area (Å²) in [5.41, 5.74) is 7.25. The van der Waals surface area contributed by atoms with Crippen LogP contribution in [0.4, 0.5) is 5.69 Å². The molecule has 1 amide bonds. The zero-order valence-corrected chi connectivity index (χ0v) is 17.2. The number of H-pyrrole nitrogens is 1. The van der Waals surface area contributed by atoms with Gasteiger partial charge in [-0.15, -0.1) is 0 Å². The van der Waals surface area contributed by atoms with E-state index >= 15 is 0 Å². The molecule has 6 rings (SSSR count). The van der Waals surface area contributed by atoms with Crippen molar-refractivity contribution in [2.75, 3.05) is 11.9 Å². The van der Waals surface area contributed by atoms with Gasteiger partial charge >= 0.3 is 0 Å². The number of anilines is 1. The molecule has 0 spiro atoms. The minimum Gasteiger partial charge on any atom is -0.390 e. The summed E-state index contributed by atoms with van der Waals surface area (Å²) >= 11 is 0. The van der Waals surface area contributed by atoms with E-state index in [1.54, 1.807) is 6.20 Å². The normalized spacial score (nSPS) is 33.2. The quantitative estimate of drug-likeness (QED) is 0.531. The van der Waals surface area contributed by atoms with Crippen LogP contribution in [-0.2, 0) is 0 Å². The first-order valence-electron chi connectivity index (χ1n) is 10.7. The van der Waals surface area contributed by atoms with Crippen molar-refractivity contribution in [2.24, 2.45) is 23.5 Å². The summed E-state index contributed by atoms with van der Waals surface area (Å²) in [6.45, 7) is 4.17. The molecule has 0 aliphatic heterocycles. The molecule has 0 aromatic carbocycles. The first-order chi connectivity index (χ1) is 13.7. The van der Waals surface area contributed by atoms with Gasteiger partial charge in [0.2, 0.25) is 0 Å². The standard InChI is InChI=1S/C22H31N5O2/c1-21(2,23)11-26-20(28)16-10-25-19-15(3-4-24-19)18(16)27-17-13-5-12-6-14(17)9-22(29,7-12)8-13/h3-4,10,12-14,17,29H,5-9,11,23H2,1-2H3,(H,26,28)(H2,24,25,27)/t12?,13?,14?,17-,22+. The number of carbonyl (C=O) groups excluding carboxylic acids is 1. The van der Waals surface area contributed by atoms with Crippen LogP contribution in [0.15, 0.2) is 18.5 Å². The number of pyridine rings is 1. The number of aromatic nitrogens is 2. The molecule has 7 heteroatoms. The molecule has 4 fully saturated rings.